The quantitative estimate of drug-likeness (QED) is 0.894. The lowest BCUT2D eigenvalue weighted by Crippen LogP contribution is -2.49. The minimum absolute atomic E-state index is 0.0514. The maximum atomic E-state index is 12.4. The van der Waals surface area contributed by atoms with Crippen LogP contribution in [0, 0.1) is 5.92 Å². The van der Waals surface area contributed by atoms with Gasteiger partial charge in [0.1, 0.15) is 6.10 Å². The van der Waals surface area contributed by atoms with E-state index < -0.39 is 0 Å². The van der Waals surface area contributed by atoms with Crippen molar-refractivity contribution in [2.75, 3.05) is 19.6 Å². The number of carbonyl (C=O) groups is 1. The molecule has 3 fully saturated rings. The van der Waals surface area contributed by atoms with Crippen molar-refractivity contribution in [3.8, 4) is 0 Å². The summed E-state index contributed by atoms with van der Waals surface area (Å²) in [7, 11) is 0. The third kappa shape index (κ3) is 3.47. The standard InChI is InChI=1S/C19H27N3O2/c23-19(21-10-7-15-4-1-2-9-20-15)17-12-14-8-11-22(13-18(14)24-17)16-5-3-6-16/h1-2,4,9,14,16-18H,3,5-8,10-13H2,(H,21,23)/t14-,17+,18-/m1/s1. The van der Waals surface area contributed by atoms with Gasteiger partial charge in [-0.2, -0.15) is 0 Å². The van der Waals surface area contributed by atoms with Gasteiger partial charge in [-0.15, -0.1) is 0 Å². The van der Waals surface area contributed by atoms with Crippen LogP contribution < -0.4 is 5.32 Å². The van der Waals surface area contributed by atoms with Crippen LogP contribution in [0.4, 0.5) is 0 Å². The number of fused-ring (bicyclic) bond motifs is 1. The molecule has 2 aliphatic heterocycles. The van der Waals surface area contributed by atoms with E-state index in [4.69, 9.17) is 4.74 Å². The number of likely N-dealkylation sites (tertiary alicyclic amines) is 1. The Bertz CT molecular complexity index is 561. The molecule has 1 aromatic rings. The molecule has 130 valence electrons. The molecule has 3 heterocycles. The van der Waals surface area contributed by atoms with Gasteiger partial charge < -0.3 is 10.1 Å². The van der Waals surface area contributed by atoms with Gasteiger partial charge in [0.2, 0.25) is 5.91 Å². The van der Waals surface area contributed by atoms with E-state index in [0.717, 1.165) is 31.1 Å². The average Bonchev–Trinajstić information content (AvgIpc) is 2.98. The van der Waals surface area contributed by atoms with E-state index in [9.17, 15) is 4.79 Å². The van der Waals surface area contributed by atoms with Crippen molar-refractivity contribution in [2.24, 2.45) is 5.92 Å². The van der Waals surface area contributed by atoms with Gasteiger partial charge in [-0.05, 0) is 50.3 Å². The Hall–Kier alpha value is -1.46. The summed E-state index contributed by atoms with van der Waals surface area (Å²) in [5, 5.41) is 3.02. The number of nitrogens with zero attached hydrogens (tertiary/aromatic N) is 2. The number of piperidine rings is 1. The summed E-state index contributed by atoms with van der Waals surface area (Å²) in [6, 6.07) is 6.65. The van der Waals surface area contributed by atoms with Gasteiger partial charge >= 0.3 is 0 Å². The molecule has 3 atom stereocenters. The molecular weight excluding hydrogens is 302 g/mol. The Kier molecular flexibility index (Phi) is 4.81. The SMILES string of the molecule is O=C(NCCc1ccccn1)[C@@H]1C[C@H]2CCN(C3CCC3)C[C@H]2O1. The van der Waals surface area contributed by atoms with Crippen molar-refractivity contribution in [1.82, 2.24) is 15.2 Å². The molecule has 0 unspecified atom stereocenters. The average molecular weight is 329 g/mol. The molecule has 1 aliphatic carbocycles. The third-order valence-electron chi connectivity index (χ3n) is 5.87. The first-order valence-corrected chi connectivity index (χ1v) is 9.37. The smallest absolute Gasteiger partial charge is 0.249 e. The van der Waals surface area contributed by atoms with Crippen LogP contribution in [-0.4, -0.2) is 53.7 Å². The van der Waals surface area contributed by atoms with Crippen LogP contribution in [0.2, 0.25) is 0 Å². The van der Waals surface area contributed by atoms with E-state index in [1.165, 1.54) is 32.2 Å². The second-order valence-electron chi connectivity index (χ2n) is 7.39. The second kappa shape index (κ2) is 7.19. The van der Waals surface area contributed by atoms with Gasteiger partial charge in [-0.3, -0.25) is 14.7 Å². The molecule has 0 radical (unpaired) electrons. The summed E-state index contributed by atoms with van der Waals surface area (Å²) in [6.45, 7) is 2.83. The molecule has 5 nitrogen and oxygen atoms in total. The summed E-state index contributed by atoms with van der Waals surface area (Å²) in [5.74, 6) is 0.614. The molecule has 1 N–H and O–H groups in total. The summed E-state index contributed by atoms with van der Waals surface area (Å²) in [4.78, 5) is 19.3. The molecule has 1 aromatic heterocycles. The number of rotatable bonds is 5. The van der Waals surface area contributed by atoms with Crippen LogP contribution in [0.25, 0.3) is 0 Å². The summed E-state index contributed by atoms with van der Waals surface area (Å²) in [5.41, 5.74) is 1.01. The molecule has 0 spiro atoms. The van der Waals surface area contributed by atoms with Crippen LogP contribution in [0.5, 0.6) is 0 Å². The lowest BCUT2D eigenvalue weighted by Gasteiger charge is -2.43. The Morgan fingerprint density at radius 2 is 2.25 bits per heavy atom. The van der Waals surface area contributed by atoms with Crippen LogP contribution in [0.1, 0.15) is 37.8 Å². The van der Waals surface area contributed by atoms with Gasteiger partial charge in [0, 0.05) is 37.4 Å². The minimum atomic E-state index is -0.259. The lowest BCUT2D eigenvalue weighted by molar-refractivity contribution is -0.133. The molecule has 5 heteroatoms. The maximum absolute atomic E-state index is 12.4. The van der Waals surface area contributed by atoms with Crippen LogP contribution in [0.15, 0.2) is 24.4 Å². The highest BCUT2D eigenvalue weighted by Crippen LogP contribution is 2.36. The zero-order valence-electron chi connectivity index (χ0n) is 14.2. The zero-order chi connectivity index (χ0) is 16.4. The Morgan fingerprint density at radius 1 is 1.33 bits per heavy atom. The van der Waals surface area contributed by atoms with Crippen LogP contribution >= 0.6 is 0 Å². The predicted octanol–water partition coefficient (Wildman–Crippen LogP) is 1.77. The summed E-state index contributed by atoms with van der Waals surface area (Å²) in [6.07, 6.45) is 8.67. The highest BCUT2D eigenvalue weighted by Gasteiger charge is 2.43. The first-order valence-electron chi connectivity index (χ1n) is 9.37. The molecule has 1 amide bonds. The van der Waals surface area contributed by atoms with E-state index >= 15 is 0 Å². The molecule has 2 saturated heterocycles. The fraction of sp³-hybridized carbons (Fsp3) is 0.684. The molecule has 24 heavy (non-hydrogen) atoms. The number of nitrogens with one attached hydrogen (secondary N) is 1. The first kappa shape index (κ1) is 16.0. The number of pyridine rings is 1. The summed E-state index contributed by atoms with van der Waals surface area (Å²) < 4.78 is 6.11. The fourth-order valence-electron chi connectivity index (χ4n) is 4.18. The Morgan fingerprint density at radius 3 is 3.00 bits per heavy atom. The van der Waals surface area contributed by atoms with Crippen molar-refractivity contribution < 1.29 is 9.53 Å². The Labute approximate surface area is 143 Å². The lowest BCUT2D eigenvalue weighted by atomic mass is 9.86. The maximum Gasteiger partial charge on any atom is 0.249 e. The number of amides is 1. The highest BCUT2D eigenvalue weighted by molar-refractivity contribution is 5.81. The monoisotopic (exact) mass is 329 g/mol. The van der Waals surface area contributed by atoms with Gasteiger partial charge in [0.25, 0.3) is 0 Å². The summed E-state index contributed by atoms with van der Waals surface area (Å²) >= 11 is 0. The number of aromatic nitrogens is 1. The van der Waals surface area contributed by atoms with E-state index in [2.05, 4.69) is 15.2 Å². The van der Waals surface area contributed by atoms with Gasteiger partial charge in [0.15, 0.2) is 0 Å². The van der Waals surface area contributed by atoms with Crippen molar-refractivity contribution >= 4 is 5.91 Å². The molecule has 3 aliphatic rings. The van der Waals surface area contributed by atoms with Gasteiger partial charge in [-0.1, -0.05) is 12.5 Å². The second-order valence-corrected chi connectivity index (χ2v) is 7.39. The molecule has 1 saturated carbocycles. The first-order chi connectivity index (χ1) is 11.8. The largest absolute Gasteiger partial charge is 0.364 e. The van der Waals surface area contributed by atoms with Crippen molar-refractivity contribution in [2.45, 2.75) is 56.8 Å². The number of ether oxygens (including phenoxy) is 1. The number of hydrogen-bond acceptors (Lipinski definition) is 4. The Balaban J connectivity index is 1.23. The molecule has 4 rings (SSSR count). The van der Waals surface area contributed by atoms with Crippen molar-refractivity contribution in [3.63, 3.8) is 0 Å². The van der Waals surface area contributed by atoms with Crippen molar-refractivity contribution in [1.29, 1.82) is 0 Å². The normalized spacial score (nSPS) is 30.6. The van der Waals surface area contributed by atoms with Crippen LogP contribution in [0.3, 0.4) is 0 Å². The van der Waals surface area contributed by atoms with E-state index in [1.54, 1.807) is 6.20 Å². The highest BCUT2D eigenvalue weighted by atomic mass is 16.5. The van der Waals surface area contributed by atoms with Gasteiger partial charge in [0.05, 0.1) is 6.10 Å². The van der Waals surface area contributed by atoms with Crippen molar-refractivity contribution in [3.05, 3.63) is 30.1 Å². The third-order valence-corrected chi connectivity index (χ3v) is 5.87. The number of carbonyl (C=O) groups excluding carboxylic acids is 1. The van der Waals surface area contributed by atoms with Crippen LogP contribution in [-0.2, 0) is 16.0 Å². The topological polar surface area (TPSA) is 54.5 Å². The minimum Gasteiger partial charge on any atom is -0.364 e. The zero-order valence-corrected chi connectivity index (χ0v) is 14.2. The van der Waals surface area contributed by atoms with E-state index in [0.29, 0.717) is 12.5 Å². The number of hydrogen-bond donors (Lipinski definition) is 1. The molecular formula is C19H27N3O2. The fourth-order valence-corrected chi connectivity index (χ4v) is 4.18. The van der Waals surface area contributed by atoms with E-state index in [-0.39, 0.29) is 18.1 Å². The molecule has 0 bridgehead atoms. The molecule has 0 aromatic carbocycles. The van der Waals surface area contributed by atoms with E-state index in [1.807, 2.05) is 18.2 Å². The predicted molar refractivity (Wildman–Crippen MR) is 91.5 cm³/mol. The van der Waals surface area contributed by atoms with Gasteiger partial charge in [-0.25, -0.2) is 0 Å².